The third-order valence-electron chi connectivity index (χ3n) is 4.08. The molecule has 1 N–H and O–H groups in total. The monoisotopic (exact) mass is 243 g/mol. The summed E-state index contributed by atoms with van der Waals surface area (Å²) in [5, 5.41) is 3.46. The molecule has 1 saturated heterocycles. The van der Waals surface area contributed by atoms with Crippen molar-refractivity contribution >= 4 is 0 Å². The Balaban J connectivity index is 2.44. The Morgan fingerprint density at radius 2 is 1.94 bits per heavy atom. The van der Waals surface area contributed by atoms with Crippen molar-refractivity contribution in [2.75, 3.05) is 27.4 Å². The van der Waals surface area contributed by atoms with Crippen LogP contribution in [0.25, 0.3) is 0 Å². The van der Waals surface area contributed by atoms with Crippen molar-refractivity contribution in [2.45, 2.75) is 63.5 Å². The first-order valence-corrected chi connectivity index (χ1v) is 7.09. The Labute approximate surface area is 106 Å². The minimum absolute atomic E-state index is 0.000779. The highest BCUT2D eigenvalue weighted by molar-refractivity contribution is 4.94. The van der Waals surface area contributed by atoms with Crippen molar-refractivity contribution in [3.05, 3.63) is 0 Å². The van der Waals surface area contributed by atoms with Gasteiger partial charge < -0.3 is 14.8 Å². The van der Waals surface area contributed by atoms with E-state index in [2.05, 4.69) is 19.3 Å². The first-order chi connectivity index (χ1) is 8.29. The van der Waals surface area contributed by atoms with Crippen LogP contribution in [0.5, 0.6) is 0 Å². The zero-order valence-corrected chi connectivity index (χ0v) is 11.8. The molecule has 0 bridgehead atoms. The molecule has 0 spiro atoms. The first-order valence-electron chi connectivity index (χ1n) is 7.09. The van der Waals surface area contributed by atoms with E-state index >= 15 is 0 Å². The number of nitrogens with one attached hydrogen (secondary N) is 1. The van der Waals surface area contributed by atoms with Gasteiger partial charge in [0.25, 0.3) is 0 Å². The van der Waals surface area contributed by atoms with Gasteiger partial charge in [-0.15, -0.1) is 0 Å². The van der Waals surface area contributed by atoms with Gasteiger partial charge in [-0.2, -0.15) is 0 Å². The van der Waals surface area contributed by atoms with E-state index in [9.17, 15) is 0 Å². The second-order valence-electron chi connectivity index (χ2n) is 5.07. The van der Waals surface area contributed by atoms with Crippen LogP contribution in [-0.4, -0.2) is 39.0 Å². The van der Waals surface area contributed by atoms with Crippen LogP contribution in [0, 0.1) is 0 Å². The van der Waals surface area contributed by atoms with Crippen molar-refractivity contribution in [2.24, 2.45) is 0 Å². The molecule has 0 aromatic rings. The molecular formula is C14H29NO2. The maximum absolute atomic E-state index is 5.85. The van der Waals surface area contributed by atoms with E-state index in [0.717, 1.165) is 26.1 Å². The number of rotatable bonds is 8. The fourth-order valence-electron chi connectivity index (χ4n) is 2.86. The number of ether oxygens (including phenoxy) is 2. The van der Waals surface area contributed by atoms with E-state index in [1.165, 1.54) is 32.1 Å². The summed E-state index contributed by atoms with van der Waals surface area (Å²) in [6.45, 7) is 3.92. The highest BCUT2D eigenvalue weighted by Crippen LogP contribution is 2.30. The van der Waals surface area contributed by atoms with E-state index < -0.39 is 0 Å². The molecule has 1 atom stereocenters. The van der Waals surface area contributed by atoms with Gasteiger partial charge in [0.2, 0.25) is 0 Å². The van der Waals surface area contributed by atoms with Gasteiger partial charge in [0.1, 0.15) is 0 Å². The molecule has 1 aliphatic heterocycles. The van der Waals surface area contributed by atoms with Gasteiger partial charge in [-0.1, -0.05) is 32.6 Å². The Morgan fingerprint density at radius 3 is 2.47 bits per heavy atom. The molecule has 0 radical (unpaired) electrons. The largest absolute Gasteiger partial charge is 0.381 e. The Bertz CT molecular complexity index is 191. The van der Waals surface area contributed by atoms with Gasteiger partial charge in [-0.05, 0) is 13.5 Å². The summed E-state index contributed by atoms with van der Waals surface area (Å²) in [6, 6.07) is 0.466. The number of hydrogen-bond acceptors (Lipinski definition) is 3. The fourth-order valence-corrected chi connectivity index (χ4v) is 2.86. The Hall–Kier alpha value is -0.120. The summed E-state index contributed by atoms with van der Waals surface area (Å²) < 4.78 is 11.3. The zero-order chi connectivity index (χ0) is 12.6. The van der Waals surface area contributed by atoms with Crippen LogP contribution in [0.15, 0.2) is 0 Å². The topological polar surface area (TPSA) is 30.5 Å². The molecule has 0 aliphatic carbocycles. The van der Waals surface area contributed by atoms with Gasteiger partial charge in [0.15, 0.2) is 0 Å². The normalized spacial score (nSPS) is 21.4. The number of hydrogen-bond donors (Lipinski definition) is 1. The highest BCUT2D eigenvalue weighted by Gasteiger charge is 2.39. The Morgan fingerprint density at radius 1 is 1.24 bits per heavy atom. The molecule has 1 aliphatic rings. The van der Waals surface area contributed by atoms with Gasteiger partial charge in [0.05, 0.1) is 5.60 Å². The fraction of sp³-hybridized carbons (Fsp3) is 1.00. The minimum atomic E-state index is -0.000779. The molecule has 0 saturated carbocycles. The summed E-state index contributed by atoms with van der Waals surface area (Å²) in [5.41, 5.74) is -0.000779. The van der Waals surface area contributed by atoms with Gasteiger partial charge in [-0.25, -0.2) is 0 Å². The Kier molecular flexibility index (Phi) is 7.09. The second kappa shape index (κ2) is 8.06. The molecule has 1 fully saturated rings. The molecular weight excluding hydrogens is 214 g/mol. The molecule has 0 amide bonds. The van der Waals surface area contributed by atoms with Gasteiger partial charge in [0, 0.05) is 39.2 Å². The maximum atomic E-state index is 5.85. The smallest absolute Gasteiger partial charge is 0.0874 e. The molecule has 3 nitrogen and oxygen atoms in total. The van der Waals surface area contributed by atoms with Crippen LogP contribution in [0.3, 0.4) is 0 Å². The van der Waals surface area contributed by atoms with Crippen molar-refractivity contribution in [1.29, 1.82) is 0 Å². The zero-order valence-electron chi connectivity index (χ0n) is 11.8. The lowest BCUT2D eigenvalue weighted by Crippen LogP contribution is -2.54. The summed E-state index contributed by atoms with van der Waals surface area (Å²) in [7, 11) is 3.91. The molecule has 0 aromatic heterocycles. The van der Waals surface area contributed by atoms with Gasteiger partial charge in [-0.3, -0.25) is 0 Å². The van der Waals surface area contributed by atoms with Crippen LogP contribution >= 0.6 is 0 Å². The standard InChI is InChI=1S/C14H29NO2/c1-4-5-6-7-8-13(15-2)14(16-3)9-11-17-12-10-14/h13,15H,4-12H2,1-3H3. The summed E-state index contributed by atoms with van der Waals surface area (Å²) in [4.78, 5) is 0. The summed E-state index contributed by atoms with van der Waals surface area (Å²) in [6.07, 6.45) is 8.53. The third kappa shape index (κ3) is 4.23. The molecule has 3 heteroatoms. The van der Waals surface area contributed by atoms with E-state index in [0.29, 0.717) is 6.04 Å². The van der Waals surface area contributed by atoms with E-state index in [1.54, 1.807) is 0 Å². The SMILES string of the molecule is CCCCCCC(NC)C1(OC)CCOCC1. The quantitative estimate of drug-likeness (QED) is 0.665. The van der Waals surface area contributed by atoms with Crippen molar-refractivity contribution in [3.8, 4) is 0 Å². The lowest BCUT2D eigenvalue weighted by Gasteiger charge is -2.42. The molecule has 1 heterocycles. The van der Waals surface area contributed by atoms with E-state index in [1.807, 2.05) is 7.11 Å². The minimum Gasteiger partial charge on any atom is -0.381 e. The van der Waals surface area contributed by atoms with E-state index in [4.69, 9.17) is 9.47 Å². The third-order valence-corrected chi connectivity index (χ3v) is 4.08. The predicted octanol–water partition coefficient (Wildman–Crippen LogP) is 2.74. The lowest BCUT2D eigenvalue weighted by atomic mass is 9.83. The van der Waals surface area contributed by atoms with Crippen LogP contribution in [0.4, 0.5) is 0 Å². The van der Waals surface area contributed by atoms with Crippen LogP contribution in [-0.2, 0) is 9.47 Å². The number of methoxy groups -OCH3 is 1. The molecule has 17 heavy (non-hydrogen) atoms. The van der Waals surface area contributed by atoms with Crippen molar-refractivity contribution in [1.82, 2.24) is 5.32 Å². The average Bonchev–Trinajstić information content (AvgIpc) is 2.39. The second-order valence-corrected chi connectivity index (χ2v) is 5.07. The van der Waals surface area contributed by atoms with Gasteiger partial charge >= 0.3 is 0 Å². The van der Waals surface area contributed by atoms with E-state index in [-0.39, 0.29) is 5.60 Å². The van der Waals surface area contributed by atoms with Crippen molar-refractivity contribution < 1.29 is 9.47 Å². The molecule has 0 aromatic carbocycles. The maximum Gasteiger partial charge on any atom is 0.0874 e. The van der Waals surface area contributed by atoms with Crippen LogP contribution < -0.4 is 5.32 Å². The number of unbranched alkanes of at least 4 members (excludes halogenated alkanes) is 3. The van der Waals surface area contributed by atoms with Crippen molar-refractivity contribution in [3.63, 3.8) is 0 Å². The predicted molar refractivity (Wildman–Crippen MR) is 71.4 cm³/mol. The highest BCUT2D eigenvalue weighted by atomic mass is 16.5. The molecule has 102 valence electrons. The summed E-state index contributed by atoms with van der Waals surface area (Å²) >= 11 is 0. The van der Waals surface area contributed by atoms with Crippen LogP contribution in [0.1, 0.15) is 51.9 Å². The lowest BCUT2D eigenvalue weighted by molar-refractivity contribution is -0.110. The molecule has 1 rings (SSSR count). The number of likely N-dealkylation sites (N-methyl/N-ethyl adjacent to an activating group) is 1. The molecule has 1 unspecified atom stereocenters. The summed E-state index contributed by atoms with van der Waals surface area (Å²) in [5.74, 6) is 0. The van der Waals surface area contributed by atoms with Crippen LogP contribution in [0.2, 0.25) is 0 Å². The first kappa shape index (κ1) is 14.9. The average molecular weight is 243 g/mol.